The van der Waals surface area contributed by atoms with Gasteiger partial charge in [-0.15, -0.1) is 0 Å². The highest BCUT2D eigenvalue weighted by molar-refractivity contribution is 6.33. The Labute approximate surface area is 205 Å². The van der Waals surface area contributed by atoms with Gasteiger partial charge in [0.1, 0.15) is 0 Å². The summed E-state index contributed by atoms with van der Waals surface area (Å²) in [6.07, 6.45) is 0. The van der Waals surface area contributed by atoms with Gasteiger partial charge in [-0.2, -0.15) is 4.98 Å². The Morgan fingerprint density at radius 1 is 0.667 bits per heavy atom. The number of nitrogens with zero attached hydrogens (tertiary/aromatic N) is 3. The minimum Gasteiger partial charge on any atom is -0.480 e. The molecule has 0 radical (unpaired) electrons. The Balaban J connectivity index is 1.81. The van der Waals surface area contributed by atoms with Gasteiger partial charge in [-0.05, 0) is 54.1 Å². The van der Waals surface area contributed by atoms with Gasteiger partial charge in [0.2, 0.25) is 5.88 Å². The quantitative estimate of drug-likeness (QED) is 0.255. The number of halogens is 3. The first-order chi connectivity index (χ1) is 16.0. The van der Waals surface area contributed by atoms with Crippen LogP contribution in [0.25, 0.3) is 44.8 Å². The molecule has 0 bridgehead atoms. The fourth-order valence-corrected chi connectivity index (χ4v) is 4.10. The number of aromatic nitrogens is 3. The molecule has 2 aromatic heterocycles. The molecule has 0 spiro atoms. The van der Waals surface area contributed by atoms with Crippen LogP contribution in [-0.2, 0) is 0 Å². The lowest BCUT2D eigenvalue weighted by molar-refractivity contribution is 0.403. The molecular weight excluding hydrogens is 477 g/mol. The Kier molecular flexibility index (Phi) is 5.90. The second-order valence-electron chi connectivity index (χ2n) is 7.31. The van der Waals surface area contributed by atoms with Crippen LogP contribution in [0, 0.1) is 0 Å². The summed E-state index contributed by atoms with van der Waals surface area (Å²) in [4.78, 5) is 14.3. The third-order valence-electron chi connectivity index (χ3n) is 5.23. The summed E-state index contributed by atoms with van der Waals surface area (Å²) in [5.74, 6) is 0.922. The van der Waals surface area contributed by atoms with Gasteiger partial charge in [0.15, 0.2) is 11.5 Å². The van der Waals surface area contributed by atoms with Crippen molar-refractivity contribution < 1.29 is 4.74 Å². The number of hydrogen-bond donors (Lipinski definition) is 0. The predicted octanol–water partition coefficient (Wildman–Crippen LogP) is 7.99. The van der Waals surface area contributed by atoms with Crippen LogP contribution < -0.4 is 4.74 Å². The zero-order valence-electron chi connectivity index (χ0n) is 17.4. The third-order valence-corrected chi connectivity index (χ3v) is 6.07. The summed E-state index contributed by atoms with van der Waals surface area (Å²) in [6, 6.07) is 24.5. The van der Waals surface area contributed by atoms with E-state index in [-0.39, 0.29) is 0 Å². The summed E-state index contributed by atoms with van der Waals surface area (Å²) < 4.78 is 5.63. The molecule has 0 aliphatic carbocycles. The predicted molar refractivity (Wildman–Crippen MR) is 135 cm³/mol. The Bertz CT molecular complexity index is 1470. The molecule has 0 fully saturated rings. The van der Waals surface area contributed by atoms with Crippen molar-refractivity contribution >= 4 is 45.8 Å². The molecule has 2 heterocycles. The van der Waals surface area contributed by atoms with E-state index in [2.05, 4.69) is 4.98 Å². The highest BCUT2D eigenvalue weighted by atomic mass is 35.5. The van der Waals surface area contributed by atoms with Crippen molar-refractivity contribution in [2.75, 3.05) is 7.11 Å². The fraction of sp³-hybridized carbons (Fsp3) is 0.0385. The molecule has 162 valence electrons. The van der Waals surface area contributed by atoms with Gasteiger partial charge in [-0.25, -0.2) is 9.97 Å². The van der Waals surface area contributed by atoms with Crippen LogP contribution in [0.2, 0.25) is 15.1 Å². The van der Waals surface area contributed by atoms with E-state index in [4.69, 9.17) is 49.5 Å². The molecule has 3 aromatic carbocycles. The topological polar surface area (TPSA) is 47.9 Å². The maximum absolute atomic E-state index is 6.56. The Morgan fingerprint density at radius 3 is 1.94 bits per heavy atom. The number of hydrogen-bond acceptors (Lipinski definition) is 4. The number of ether oxygens (including phenoxy) is 1. The van der Waals surface area contributed by atoms with E-state index in [0.29, 0.717) is 43.5 Å². The summed E-state index contributed by atoms with van der Waals surface area (Å²) in [6.45, 7) is 0. The van der Waals surface area contributed by atoms with Gasteiger partial charge in [-0.1, -0.05) is 65.1 Å². The zero-order chi connectivity index (χ0) is 22.9. The van der Waals surface area contributed by atoms with Crippen molar-refractivity contribution in [2.24, 2.45) is 0 Å². The lowest BCUT2D eigenvalue weighted by Crippen LogP contribution is -2.00. The molecule has 4 nitrogen and oxygen atoms in total. The van der Waals surface area contributed by atoms with Gasteiger partial charge >= 0.3 is 0 Å². The van der Waals surface area contributed by atoms with Gasteiger partial charge in [0.05, 0.1) is 18.2 Å². The van der Waals surface area contributed by atoms with Crippen LogP contribution in [0.3, 0.4) is 0 Å². The van der Waals surface area contributed by atoms with Gasteiger partial charge < -0.3 is 4.74 Å². The summed E-state index contributed by atoms with van der Waals surface area (Å²) in [7, 11) is 1.58. The average molecular weight is 493 g/mol. The molecular formula is C26H16Cl3N3O. The van der Waals surface area contributed by atoms with Crippen LogP contribution in [0.1, 0.15) is 0 Å². The highest BCUT2D eigenvalue weighted by Gasteiger charge is 2.18. The molecule has 5 rings (SSSR count). The molecule has 5 aromatic rings. The summed E-state index contributed by atoms with van der Waals surface area (Å²) in [5, 5.41) is 2.58. The minimum atomic E-state index is 0.429. The molecule has 33 heavy (non-hydrogen) atoms. The van der Waals surface area contributed by atoms with Crippen molar-refractivity contribution in [3.8, 4) is 39.7 Å². The van der Waals surface area contributed by atoms with Crippen LogP contribution in [-0.4, -0.2) is 22.1 Å². The molecule has 0 N–H and O–H groups in total. The second kappa shape index (κ2) is 8.99. The van der Waals surface area contributed by atoms with E-state index in [0.717, 1.165) is 22.3 Å². The van der Waals surface area contributed by atoms with Crippen molar-refractivity contribution in [3.05, 3.63) is 93.9 Å². The van der Waals surface area contributed by atoms with E-state index in [1.165, 1.54) is 0 Å². The largest absolute Gasteiger partial charge is 0.480 e. The highest BCUT2D eigenvalue weighted by Crippen LogP contribution is 2.38. The smallest absolute Gasteiger partial charge is 0.226 e. The monoisotopic (exact) mass is 491 g/mol. The molecule has 0 amide bonds. The van der Waals surface area contributed by atoms with Crippen molar-refractivity contribution in [1.82, 2.24) is 15.0 Å². The molecule has 0 saturated carbocycles. The first kappa shape index (κ1) is 21.7. The van der Waals surface area contributed by atoms with Gasteiger partial charge in [0, 0.05) is 31.8 Å². The molecule has 0 aliphatic heterocycles. The fourth-order valence-electron chi connectivity index (χ4n) is 3.62. The van der Waals surface area contributed by atoms with Crippen LogP contribution in [0.5, 0.6) is 5.88 Å². The SMILES string of the molecule is COc1nc(-c2ccc(Cl)cc2)nc2nc(-c3ccccc3Cl)c(-c3ccc(Cl)cc3)cc12. The van der Waals surface area contributed by atoms with Gasteiger partial charge in [-0.3, -0.25) is 0 Å². The van der Waals surface area contributed by atoms with Crippen LogP contribution in [0.4, 0.5) is 0 Å². The van der Waals surface area contributed by atoms with E-state index in [1.54, 1.807) is 19.2 Å². The first-order valence-electron chi connectivity index (χ1n) is 10.1. The maximum Gasteiger partial charge on any atom is 0.226 e. The van der Waals surface area contributed by atoms with E-state index < -0.39 is 0 Å². The third kappa shape index (κ3) is 4.25. The van der Waals surface area contributed by atoms with Crippen LogP contribution >= 0.6 is 34.8 Å². The number of benzene rings is 3. The molecule has 0 aliphatic rings. The molecule has 0 saturated heterocycles. The maximum atomic E-state index is 6.56. The van der Waals surface area contributed by atoms with Crippen molar-refractivity contribution in [1.29, 1.82) is 0 Å². The molecule has 0 unspecified atom stereocenters. The lowest BCUT2D eigenvalue weighted by Gasteiger charge is -2.14. The Morgan fingerprint density at radius 2 is 1.30 bits per heavy atom. The molecule has 0 atom stereocenters. The van der Waals surface area contributed by atoms with E-state index in [9.17, 15) is 0 Å². The molecule has 7 heteroatoms. The van der Waals surface area contributed by atoms with E-state index >= 15 is 0 Å². The number of methoxy groups -OCH3 is 1. The Hall–Kier alpha value is -3.18. The summed E-state index contributed by atoms with van der Waals surface area (Å²) in [5.41, 5.74) is 4.62. The minimum absolute atomic E-state index is 0.429. The lowest BCUT2D eigenvalue weighted by atomic mass is 9.98. The summed E-state index contributed by atoms with van der Waals surface area (Å²) >= 11 is 18.7. The van der Waals surface area contributed by atoms with Crippen LogP contribution in [0.15, 0.2) is 78.9 Å². The second-order valence-corrected chi connectivity index (χ2v) is 8.59. The first-order valence-corrected chi connectivity index (χ1v) is 11.2. The standard InChI is InChI=1S/C26H16Cl3N3O/c1-33-26-21-14-20(15-6-10-17(27)11-7-15)23(19-4-2-3-5-22(19)29)30-25(21)31-24(32-26)16-8-12-18(28)13-9-16/h2-14H,1H3. The van der Waals surface area contributed by atoms with Crippen molar-refractivity contribution in [2.45, 2.75) is 0 Å². The average Bonchev–Trinajstić information content (AvgIpc) is 2.84. The normalized spacial score (nSPS) is 11.0. The zero-order valence-corrected chi connectivity index (χ0v) is 19.7. The van der Waals surface area contributed by atoms with E-state index in [1.807, 2.05) is 66.7 Å². The number of fused-ring (bicyclic) bond motifs is 1. The van der Waals surface area contributed by atoms with Crippen molar-refractivity contribution in [3.63, 3.8) is 0 Å². The number of rotatable bonds is 4. The number of pyridine rings is 1. The van der Waals surface area contributed by atoms with Gasteiger partial charge in [0.25, 0.3) is 0 Å².